The van der Waals surface area contributed by atoms with Crippen LogP contribution < -0.4 is 4.90 Å². The largest absolute Gasteiger partial charge is 0.322 e. The second kappa shape index (κ2) is 9.44. The Morgan fingerprint density at radius 1 is 1.17 bits per heavy atom. The van der Waals surface area contributed by atoms with E-state index >= 15 is 0 Å². The first-order chi connectivity index (χ1) is 14.0. The first-order valence-corrected chi connectivity index (χ1v) is 10.4. The highest BCUT2D eigenvalue weighted by Gasteiger charge is 2.18. The summed E-state index contributed by atoms with van der Waals surface area (Å²) in [6.07, 6.45) is 2.13. The molecule has 0 radical (unpaired) electrons. The number of carbonyl (C=O) groups is 1. The van der Waals surface area contributed by atoms with E-state index < -0.39 is 0 Å². The number of rotatable bonds is 7. The number of hydrogen-bond donors (Lipinski definition) is 0. The van der Waals surface area contributed by atoms with Crippen LogP contribution in [0.1, 0.15) is 17.5 Å². The molecule has 0 fully saturated rings. The van der Waals surface area contributed by atoms with E-state index in [9.17, 15) is 4.79 Å². The lowest BCUT2D eigenvalue weighted by Crippen LogP contribution is -2.33. The first kappa shape index (κ1) is 20.7. The first-order valence-electron chi connectivity index (χ1n) is 9.45. The molecule has 0 aliphatic rings. The van der Waals surface area contributed by atoms with Crippen LogP contribution in [-0.4, -0.2) is 27.8 Å². The van der Waals surface area contributed by atoms with E-state index in [-0.39, 0.29) is 11.7 Å². The van der Waals surface area contributed by atoms with Gasteiger partial charge in [0.05, 0.1) is 30.1 Å². The van der Waals surface area contributed by atoms with Gasteiger partial charge in [0.2, 0.25) is 5.91 Å². The molecule has 6 heteroatoms. The smallest absolute Gasteiger partial charge is 0.237 e. The monoisotopic (exact) mass is 404 g/mol. The molecule has 0 atom stereocenters. The average Bonchev–Trinajstić information content (AvgIpc) is 3.07. The highest BCUT2D eigenvalue weighted by molar-refractivity contribution is 7.99. The number of anilines is 1. The van der Waals surface area contributed by atoms with Crippen molar-refractivity contribution in [2.75, 3.05) is 17.2 Å². The summed E-state index contributed by atoms with van der Waals surface area (Å²) in [6.45, 7) is 4.41. The van der Waals surface area contributed by atoms with Crippen LogP contribution in [-0.2, 0) is 11.8 Å². The van der Waals surface area contributed by atoms with Crippen molar-refractivity contribution >= 4 is 23.4 Å². The minimum atomic E-state index is -0.0282. The van der Waals surface area contributed by atoms with Gasteiger partial charge in [-0.3, -0.25) is 4.79 Å². The quantitative estimate of drug-likeness (QED) is 0.534. The Kier molecular flexibility index (Phi) is 6.73. The molecule has 1 aromatic heterocycles. The molecule has 29 heavy (non-hydrogen) atoms. The van der Waals surface area contributed by atoms with Gasteiger partial charge in [-0.1, -0.05) is 48.2 Å². The van der Waals surface area contributed by atoms with Gasteiger partial charge in [-0.05, 0) is 42.7 Å². The molecule has 3 aromatic rings. The Bertz CT molecular complexity index is 1020. The van der Waals surface area contributed by atoms with Crippen molar-refractivity contribution in [3.8, 4) is 17.3 Å². The predicted octanol–water partition coefficient (Wildman–Crippen LogP) is 4.74. The predicted molar refractivity (Wildman–Crippen MR) is 118 cm³/mol. The van der Waals surface area contributed by atoms with E-state index in [2.05, 4.69) is 17.1 Å². The van der Waals surface area contributed by atoms with Gasteiger partial charge < -0.3 is 9.47 Å². The molecule has 0 N–H and O–H groups in total. The minimum absolute atomic E-state index is 0.0282. The Morgan fingerprint density at radius 2 is 1.86 bits per heavy atom. The standard InChI is InChI=1S/C23H24N4OS/c1-17-12-18(2)14-20(13-17)27(11-7-10-24)22(28)16-29-23-25-15-21(26(23)3)19-8-5-4-6-9-19/h4-6,8-9,12-15H,7,11,16H2,1-3H3. The zero-order valence-corrected chi connectivity index (χ0v) is 17.7. The van der Waals surface area contributed by atoms with Gasteiger partial charge in [0.15, 0.2) is 5.16 Å². The summed E-state index contributed by atoms with van der Waals surface area (Å²) in [6, 6.07) is 18.2. The fourth-order valence-corrected chi connectivity index (χ4v) is 4.10. The molecule has 0 spiro atoms. The molecule has 0 aliphatic heterocycles. The van der Waals surface area contributed by atoms with E-state index in [0.717, 1.165) is 33.2 Å². The van der Waals surface area contributed by atoms with E-state index in [0.29, 0.717) is 13.0 Å². The Hall–Kier alpha value is -3.04. The van der Waals surface area contributed by atoms with Crippen molar-refractivity contribution in [3.63, 3.8) is 0 Å². The summed E-state index contributed by atoms with van der Waals surface area (Å²) in [4.78, 5) is 19.2. The summed E-state index contributed by atoms with van der Waals surface area (Å²) < 4.78 is 2.00. The Morgan fingerprint density at radius 3 is 2.52 bits per heavy atom. The summed E-state index contributed by atoms with van der Waals surface area (Å²) in [5, 5.41) is 9.79. The molecule has 2 aromatic carbocycles. The zero-order valence-electron chi connectivity index (χ0n) is 16.9. The van der Waals surface area contributed by atoms with Crippen molar-refractivity contribution in [3.05, 3.63) is 65.9 Å². The summed E-state index contributed by atoms with van der Waals surface area (Å²) in [5.41, 5.74) is 5.13. The maximum absolute atomic E-state index is 13.0. The number of benzene rings is 2. The summed E-state index contributed by atoms with van der Waals surface area (Å²) >= 11 is 1.41. The van der Waals surface area contributed by atoms with Gasteiger partial charge in [-0.25, -0.2) is 4.98 Å². The van der Waals surface area contributed by atoms with E-state index in [1.807, 2.05) is 74.1 Å². The molecule has 1 amide bonds. The molecule has 0 saturated heterocycles. The van der Waals surface area contributed by atoms with Crippen LogP contribution in [0.4, 0.5) is 5.69 Å². The lowest BCUT2D eigenvalue weighted by molar-refractivity contribution is -0.116. The summed E-state index contributed by atoms with van der Waals surface area (Å²) in [7, 11) is 1.96. The minimum Gasteiger partial charge on any atom is -0.322 e. The van der Waals surface area contributed by atoms with E-state index in [1.54, 1.807) is 4.90 Å². The third-order valence-electron chi connectivity index (χ3n) is 4.61. The second-order valence-corrected chi connectivity index (χ2v) is 7.88. The molecule has 3 rings (SSSR count). The molecular formula is C23H24N4OS. The lowest BCUT2D eigenvalue weighted by Gasteiger charge is -2.22. The molecule has 1 heterocycles. The number of hydrogen-bond acceptors (Lipinski definition) is 4. The Balaban J connectivity index is 1.75. The third kappa shape index (κ3) is 5.07. The summed E-state index contributed by atoms with van der Waals surface area (Å²) in [5.74, 6) is 0.233. The number of nitrogens with zero attached hydrogens (tertiary/aromatic N) is 4. The van der Waals surface area contributed by atoms with Gasteiger partial charge in [-0.15, -0.1) is 0 Å². The number of aromatic nitrogens is 2. The number of imidazole rings is 1. The number of amides is 1. The van der Waals surface area contributed by atoms with E-state index in [1.165, 1.54) is 11.8 Å². The van der Waals surface area contributed by atoms with Crippen LogP contribution in [0.15, 0.2) is 59.9 Å². The lowest BCUT2D eigenvalue weighted by atomic mass is 10.1. The fourth-order valence-electron chi connectivity index (χ4n) is 3.27. The van der Waals surface area contributed by atoms with Crippen molar-refractivity contribution in [2.24, 2.45) is 7.05 Å². The van der Waals surface area contributed by atoms with Crippen LogP contribution in [0.5, 0.6) is 0 Å². The van der Waals surface area contributed by atoms with Crippen molar-refractivity contribution < 1.29 is 4.79 Å². The van der Waals surface area contributed by atoms with Gasteiger partial charge in [0.1, 0.15) is 0 Å². The topological polar surface area (TPSA) is 61.9 Å². The second-order valence-electron chi connectivity index (χ2n) is 6.94. The number of aryl methyl sites for hydroxylation is 2. The van der Waals surface area contributed by atoms with Crippen LogP contribution in [0.25, 0.3) is 11.3 Å². The fraction of sp³-hybridized carbons (Fsp3) is 0.261. The maximum Gasteiger partial charge on any atom is 0.237 e. The molecule has 148 valence electrons. The molecule has 0 bridgehead atoms. The zero-order chi connectivity index (χ0) is 20.8. The molecule has 0 aliphatic carbocycles. The molecule has 5 nitrogen and oxygen atoms in total. The van der Waals surface area contributed by atoms with Crippen LogP contribution in [0, 0.1) is 25.2 Å². The van der Waals surface area contributed by atoms with Gasteiger partial charge in [0.25, 0.3) is 0 Å². The molecular weight excluding hydrogens is 380 g/mol. The normalized spacial score (nSPS) is 10.6. The molecule has 0 unspecified atom stereocenters. The van der Waals surface area contributed by atoms with Gasteiger partial charge in [-0.2, -0.15) is 5.26 Å². The third-order valence-corrected chi connectivity index (χ3v) is 5.64. The molecule has 0 saturated carbocycles. The highest BCUT2D eigenvalue weighted by atomic mass is 32.2. The van der Waals surface area contributed by atoms with Gasteiger partial charge in [0, 0.05) is 19.3 Å². The number of nitriles is 1. The van der Waals surface area contributed by atoms with E-state index in [4.69, 9.17) is 5.26 Å². The Labute approximate surface area is 176 Å². The van der Waals surface area contributed by atoms with Gasteiger partial charge >= 0.3 is 0 Å². The van der Waals surface area contributed by atoms with Crippen molar-refractivity contribution in [1.82, 2.24) is 9.55 Å². The van der Waals surface area contributed by atoms with Crippen LogP contribution >= 0.6 is 11.8 Å². The van der Waals surface area contributed by atoms with Crippen molar-refractivity contribution in [2.45, 2.75) is 25.4 Å². The SMILES string of the molecule is Cc1cc(C)cc(N(CCC#N)C(=O)CSc2ncc(-c3ccccc3)n2C)c1. The van der Waals surface area contributed by atoms with Crippen molar-refractivity contribution in [1.29, 1.82) is 5.26 Å². The highest BCUT2D eigenvalue weighted by Crippen LogP contribution is 2.26. The maximum atomic E-state index is 13.0. The number of carbonyl (C=O) groups excluding carboxylic acids is 1. The number of thioether (sulfide) groups is 1. The average molecular weight is 405 g/mol. The van der Waals surface area contributed by atoms with Crippen LogP contribution in [0.2, 0.25) is 0 Å². The van der Waals surface area contributed by atoms with Crippen LogP contribution in [0.3, 0.4) is 0 Å².